The molecule has 0 radical (unpaired) electrons. The van der Waals surface area contributed by atoms with E-state index in [-0.39, 0.29) is 0 Å². The van der Waals surface area contributed by atoms with Crippen LogP contribution in [0.3, 0.4) is 0 Å². The van der Waals surface area contributed by atoms with Crippen molar-refractivity contribution in [2.45, 2.75) is 70.3 Å². The number of rotatable bonds is 4. The van der Waals surface area contributed by atoms with E-state index in [0.29, 0.717) is 17.9 Å². The van der Waals surface area contributed by atoms with Crippen LogP contribution in [-0.2, 0) is 6.42 Å². The number of ether oxygens (including phenoxy) is 1. The molecule has 1 aromatic rings. The zero-order valence-corrected chi connectivity index (χ0v) is 14.4. The number of hydrogen-bond donors (Lipinski definition) is 0. The fraction of sp³-hybridized carbons (Fsp3) is 0.600. The van der Waals surface area contributed by atoms with Crippen molar-refractivity contribution in [3.63, 3.8) is 0 Å². The summed E-state index contributed by atoms with van der Waals surface area (Å²) in [6.45, 7) is 6.15. The lowest BCUT2D eigenvalue weighted by molar-refractivity contribution is 0.163. The second-order valence-electron chi connectivity index (χ2n) is 6.91. The van der Waals surface area contributed by atoms with Crippen LogP contribution in [-0.4, -0.2) is 6.10 Å². The first-order chi connectivity index (χ1) is 10.7. The Morgan fingerprint density at radius 1 is 1.23 bits per heavy atom. The van der Waals surface area contributed by atoms with Crippen molar-refractivity contribution in [3.8, 4) is 5.75 Å². The van der Waals surface area contributed by atoms with Crippen molar-refractivity contribution in [1.29, 1.82) is 0 Å². The van der Waals surface area contributed by atoms with E-state index in [1.165, 1.54) is 43.2 Å². The minimum atomic E-state index is 0.351. The first kappa shape index (κ1) is 15.9. The Balaban J connectivity index is 1.76. The average molecular weight is 319 g/mol. The summed E-state index contributed by atoms with van der Waals surface area (Å²) < 4.78 is 6.13. The molecular formula is C20H27ClO. The maximum absolute atomic E-state index is 6.55. The van der Waals surface area contributed by atoms with Crippen LogP contribution in [0.15, 0.2) is 24.8 Å². The van der Waals surface area contributed by atoms with E-state index in [1.807, 2.05) is 0 Å². The summed E-state index contributed by atoms with van der Waals surface area (Å²) in [5.74, 6) is 2.32. The molecule has 120 valence electrons. The summed E-state index contributed by atoms with van der Waals surface area (Å²) in [6.07, 6.45) is 12.0. The molecule has 1 aliphatic heterocycles. The Hall–Kier alpha value is -0.950. The summed E-state index contributed by atoms with van der Waals surface area (Å²) in [5, 5.41) is 0.819. The van der Waals surface area contributed by atoms with Crippen molar-refractivity contribution in [2.75, 3.05) is 0 Å². The average Bonchev–Trinajstić information content (AvgIpc) is 2.55. The number of benzene rings is 1. The Labute approximate surface area is 139 Å². The molecule has 0 saturated heterocycles. The molecule has 1 unspecified atom stereocenters. The number of fused-ring (bicyclic) bond motifs is 1. The lowest BCUT2D eigenvalue weighted by Gasteiger charge is -2.30. The van der Waals surface area contributed by atoms with Gasteiger partial charge in [-0.05, 0) is 74.0 Å². The van der Waals surface area contributed by atoms with Crippen molar-refractivity contribution < 1.29 is 4.74 Å². The standard InChI is InChI=1S/C20H27ClO/c1-3-5-18-11-10-16-12-17(13-19(21)20(16)22-18)15-8-6-14(4-2)7-9-15/h4,12-15,18H,2-3,5-11H2,1H3. The second-order valence-corrected chi connectivity index (χ2v) is 7.31. The molecular weight excluding hydrogens is 292 g/mol. The molecule has 1 atom stereocenters. The summed E-state index contributed by atoms with van der Waals surface area (Å²) >= 11 is 6.55. The van der Waals surface area contributed by atoms with E-state index in [2.05, 4.69) is 31.7 Å². The third kappa shape index (κ3) is 3.35. The second kappa shape index (κ2) is 7.08. The molecule has 1 fully saturated rings. The zero-order chi connectivity index (χ0) is 15.5. The van der Waals surface area contributed by atoms with Crippen LogP contribution >= 0.6 is 11.6 Å². The minimum absolute atomic E-state index is 0.351. The monoisotopic (exact) mass is 318 g/mol. The number of allylic oxidation sites excluding steroid dienone is 1. The SMILES string of the molecule is C=CC1CCC(c2cc(Cl)c3c(c2)CCC(CCC)O3)CC1. The van der Waals surface area contributed by atoms with Crippen molar-refractivity contribution in [3.05, 3.63) is 40.9 Å². The smallest absolute Gasteiger partial charge is 0.141 e. The van der Waals surface area contributed by atoms with Gasteiger partial charge in [0.15, 0.2) is 0 Å². The van der Waals surface area contributed by atoms with Crippen LogP contribution in [0.1, 0.15) is 68.9 Å². The summed E-state index contributed by atoms with van der Waals surface area (Å²) in [5.41, 5.74) is 2.74. The Bertz CT molecular complexity index is 529. The molecule has 1 heterocycles. The molecule has 1 nitrogen and oxygen atoms in total. The van der Waals surface area contributed by atoms with E-state index in [4.69, 9.17) is 16.3 Å². The van der Waals surface area contributed by atoms with Gasteiger partial charge in [0.2, 0.25) is 0 Å². The molecule has 3 rings (SSSR count). The fourth-order valence-electron chi connectivity index (χ4n) is 3.98. The van der Waals surface area contributed by atoms with Crippen LogP contribution in [0.5, 0.6) is 5.75 Å². The maximum atomic E-state index is 6.55. The number of halogens is 1. The van der Waals surface area contributed by atoms with E-state index < -0.39 is 0 Å². The molecule has 0 aromatic heterocycles. The molecule has 0 spiro atoms. The molecule has 0 bridgehead atoms. The predicted molar refractivity (Wildman–Crippen MR) is 94.0 cm³/mol. The van der Waals surface area contributed by atoms with Gasteiger partial charge in [0.1, 0.15) is 5.75 Å². The normalized spacial score (nSPS) is 27.8. The lowest BCUT2D eigenvalue weighted by atomic mass is 9.78. The van der Waals surface area contributed by atoms with Crippen molar-refractivity contribution in [2.24, 2.45) is 5.92 Å². The molecule has 2 heteroatoms. The van der Waals surface area contributed by atoms with Gasteiger partial charge in [-0.2, -0.15) is 0 Å². The van der Waals surface area contributed by atoms with Gasteiger partial charge >= 0.3 is 0 Å². The summed E-state index contributed by atoms with van der Waals surface area (Å²) in [4.78, 5) is 0. The number of hydrogen-bond acceptors (Lipinski definition) is 1. The predicted octanol–water partition coefficient (Wildman–Crippen LogP) is 6.29. The topological polar surface area (TPSA) is 9.23 Å². The van der Waals surface area contributed by atoms with Gasteiger partial charge in [0.05, 0.1) is 11.1 Å². The van der Waals surface area contributed by atoms with E-state index in [9.17, 15) is 0 Å². The lowest BCUT2D eigenvalue weighted by Crippen LogP contribution is -2.23. The van der Waals surface area contributed by atoms with Crippen LogP contribution in [0.2, 0.25) is 5.02 Å². The highest BCUT2D eigenvalue weighted by Crippen LogP contribution is 2.42. The van der Waals surface area contributed by atoms with Gasteiger partial charge in [-0.15, -0.1) is 6.58 Å². The van der Waals surface area contributed by atoms with Crippen LogP contribution < -0.4 is 4.74 Å². The summed E-state index contributed by atoms with van der Waals surface area (Å²) in [6, 6.07) is 4.52. The minimum Gasteiger partial charge on any atom is -0.489 e. The van der Waals surface area contributed by atoms with Crippen LogP contribution in [0, 0.1) is 5.92 Å². The largest absolute Gasteiger partial charge is 0.489 e. The fourth-order valence-corrected chi connectivity index (χ4v) is 4.27. The van der Waals surface area contributed by atoms with Crippen LogP contribution in [0.4, 0.5) is 0 Å². The molecule has 0 amide bonds. The van der Waals surface area contributed by atoms with Gasteiger partial charge in [0, 0.05) is 0 Å². The number of aryl methyl sites for hydroxylation is 1. The Morgan fingerprint density at radius 2 is 2.00 bits per heavy atom. The van der Waals surface area contributed by atoms with Crippen molar-refractivity contribution in [1.82, 2.24) is 0 Å². The first-order valence-corrected chi connectivity index (χ1v) is 9.20. The molecule has 2 aliphatic rings. The quantitative estimate of drug-likeness (QED) is 0.592. The van der Waals surface area contributed by atoms with Crippen LogP contribution in [0.25, 0.3) is 0 Å². The van der Waals surface area contributed by atoms with Gasteiger partial charge in [-0.1, -0.05) is 37.1 Å². The van der Waals surface area contributed by atoms with Crippen molar-refractivity contribution >= 4 is 11.6 Å². The molecule has 1 aromatic carbocycles. The third-order valence-electron chi connectivity index (χ3n) is 5.35. The highest BCUT2D eigenvalue weighted by molar-refractivity contribution is 6.32. The van der Waals surface area contributed by atoms with Gasteiger partial charge in [-0.25, -0.2) is 0 Å². The third-order valence-corrected chi connectivity index (χ3v) is 5.63. The van der Waals surface area contributed by atoms with Gasteiger partial charge < -0.3 is 4.74 Å². The molecule has 0 N–H and O–H groups in total. The van der Waals surface area contributed by atoms with Gasteiger partial charge in [-0.3, -0.25) is 0 Å². The summed E-state index contributed by atoms with van der Waals surface area (Å²) in [7, 11) is 0. The van der Waals surface area contributed by atoms with E-state index in [0.717, 1.165) is 30.0 Å². The molecule has 22 heavy (non-hydrogen) atoms. The van der Waals surface area contributed by atoms with E-state index in [1.54, 1.807) is 0 Å². The zero-order valence-electron chi connectivity index (χ0n) is 13.6. The highest BCUT2D eigenvalue weighted by atomic mass is 35.5. The van der Waals surface area contributed by atoms with E-state index >= 15 is 0 Å². The Kier molecular flexibility index (Phi) is 5.13. The highest BCUT2D eigenvalue weighted by Gasteiger charge is 2.25. The van der Waals surface area contributed by atoms with Gasteiger partial charge in [0.25, 0.3) is 0 Å². The first-order valence-electron chi connectivity index (χ1n) is 8.82. The molecule has 1 saturated carbocycles. The maximum Gasteiger partial charge on any atom is 0.141 e. The Morgan fingerprint density at radius 3 is 2.68 bits per heavy atom. The molecule has 1 aliphatic carbocycles.